The van der Waals surface area contributed by atoms with Crippen molar-refractivity contribution in [3.63, 3.8) is 0 Å². The van der Waals surface area contributed by atoms with Gasteiger partial charge in [0.15, 0.2) is 0 Å². The van der Waals surface area contributed by atoms with Gasteiger partial charge in [0.05, 0.1) is 18.5 Å². The number of methoxy groups -OCH3 is 1. The molecule has 0 bridgehead atoms. The molecule has 10 nitrogen and oxygen atoms in total. The summed E-state index contributed by atoms with van der Waals surface area (Å²) < 4.78 is 35.6. The number of hydrogen-bond donors (Lipinski definition) is 1. The minimum absolute atomic E-state index is 0.174. The average Bonchev–Trinajstić information content (AvgIpc) is 3.27. The first kappa shape index (κ1) is 19.6. The molecule has 0 unspecified atom stereocenters. The Balaban J connectivity index is 1.91. The van der Waals surface area contributed by atoms with Gasteiger partial charge in [0.2, 0.25) is 28.2 Å². The molecule has 4 aromatic rings. The third-order valence-electron chi connectivity index (χ3n) is 4.26. The van der Waals surface area contributed by atoms with Crippen molar-refractivity contribution in [1.82, 2.24) is 25.1 Å². The number of aryl methyl sites for hydroxylation is 1. The summed E-state index contributed by atoms with van der Waals surface area (Å²) >= 11 is 0. The van der Waals surface area contributed by atoms with Gasteiger partial charge in [-0.15, -0.1) is 10.2 Å². The highest BCUT2D eigenvalue weighted by Crippen LogP contribution is 2.36. The number of hydrogen-bond acceptors (Lipinski definition) is 9. The Kier molecular flexibility index (Phi) is 4.98. The van der Waals surface area contributed by atoms with Crippen molar-refractivity contribution in [3.05, 3.63) is 54.8 Å². The van der Waals surface area contributed by atoms with Gasteiger partial charge in [0.1, 0.15) is 10.6 Å². The molecule has 2 N–H and O–H groups in total. The van der Waals surface area contributed by atoms with Crippen molar-refractivity contribution in [3.8, 4) is 39.8 Å². The Bertz CT molecular complexity index is 1310. The first-order chi connectivity index (χ1) is 14.4. The van der Waals surface area contributed by atoms with Crippen molar-refractivity contribution >= 4 is 10.0 Å². The number of ether oxygens (including phenoxy) is 1. The Labute approximate surface area is 171 Å². The maximum absolute atomic E-state index is 12.6. The summed E-state index contributed by atoms with van der Waals surface area (Å²) in [4.78, 5) is 12.7. The molecule has 0 saturated heterocycles. The maximum atomic E-state index is 12.6. The number of nitrogens with two attached hydrogens (primary N) is 1. The van der Waals surface area contributed by atoms with Gasteiger partial charge in [-0.2, -0.15) is 0 Å². The predicted octanol–water partition coefficient (Wildman–Crippen LogP) is 2.22. The minimum Gasteiger partial charge on any atom is -0.479 e. The van der Waals surface area contributed by atoms with Gasteiger partial charge in [-0.3, -0.25) is 4.98 Å². The number of sulfonamides is 1. The second-order valence-corrected chi connectivity index (χ2v) is 7.77. The molecule has 4 rings (SSSR count). The second-order valence-electron chi connectivity index (χ2n) is 6.27. The number of nitrogens with zero attached hydrogens (tertiary/aromatic N) is 5. The molecule has 0 spiro atoms. The number of benzene rings is 1. The summed E-state index contributed by atoms with van der Waals surface area (Å²) in [5, 5.41) is 13.1. The number of aromatic nitrogens is 5. The Hall–Kier alpha value is -3.70. The first-order valence-corrected chi connectivity index (χ1v) is 10.2. The third kappa shape index (κ3) is 3.63. The molecule has 0 aliphatic rings. The van der Waals surface area contributed by atoms with Crippen LogP contribution in [0.5, 0.6) is 5.88 Å². The molecule has 0 fully saturated rings. The zero-order valence-corrected chi connectivity index (χ0v) is 16.8. The van der Waals surface area contributed by atoms with E-state index in [1.807, 2.05) is 0 Å². The van der Waals surface area contributed by atoms with E-state index in [1.165, 1.54) is 32.0 Å². The van der Waals surface area contributed by atoms with E-state index < -0.39 is 10.0 Å². The van der Waals surface area contributed by atoms with E-state index >= 15 is 0 Å². The molecular formula is C19H16N6O4S. The van der Waals surface area contributed by atoms with Crippen LogP contribution in [0.4, 0.5) is 0 Å². The van der Waals surface area contributed by atoms with E-state index in [4.69, 9.17) is 14.3 Å². The van der Waals surface area contributed by atoms with Gasteiger partial charge in [0, 0.05) is 29.1 Å². The number of primary sulfonamides is 1. The number of pyridine rings is 1. The normalized spacial score (nSPS) is 11.4. The molecule has 0 aliphatic carbocycles. The van der Waals surface area contributed by atoms with Crippen LogP contribution in [-0.4, -0.2) is 40.7 Å². The van der Waals surface area contributed by atoms with Gasteiger partial charge >= 0.3 is 0 Å². The van der Waals surface area contributed by atoms with Crippen LogP contribution < -0.4 is 9.88 Å². The zero-order chi connectivity index (χ0) is 21.3. The van der Waals surface area contributed by atoms with Crippen LogP contribution in [0.25, 0.3) is 34.0 Å². The smallest absolute Gasteiger partial charge is 0.247 e. The molecule has 3 heterocycles. The summed E-state index contributed by atoms with van der Waals surface area (Å²) in [6.45, 7) is 1.75. The molecule has 0 radical (unpaired) electrons. The van der Waals surface area contributed by atoms with Crippen LogP contribution in [0, 0.1) is 6.92 Å². The lowest BCUT2D eigenvalue weighted by atomic mass is 10.1. The van der Waals surface area contributed by atoms with Crippen LogP contribution >= 0.6 is 0 Å². The van der Waals surface area contributed by atoms with Crippen LogP contribution in [0.1, 0.15) is 5.69 Å². The van der Waals surface area contributed by atoms with Crippen molar-refractivity contribution in [2.24, 2.45) is 5.14 Å². The number of rotatable bonds is 5. The second kappa shape index (κ2) is 7.61. The molecule has 0 aliphatic heterocycles. The van der Waals surface area contributed by atoms with Gasteiger partial charge in [0.25, 0.3) is 0 Å². The summed E-state index contributed by atoms with van der Waals surface area (Å²) in [5.74, 6) is 0.526. The topological polar surface area (TPSA) is 147 Å². The highest BCUT2D eigenvalue weighted by atomic mass is 32.2. The summed E-state index contributed by atoms with van der Waals surface area (Å²) in [6.07, 6.45) is 4.22. The fraction of sp³-hybridized carbons (Fsp3) is 0.105. The molecule has 0 atom stereocenters. The summed E-state index contributed by atoms with van der Waals surface area (Å²) in [6, 6.07) is 8.33. The predicted molar refractivity (Wildman–Crippen MR) is 107 cm³/mol. The molecule has 0 saturated carbocycles. The first-order valence-electron chi connectivity index (χ1n) is 8.65. The molecule has 3 aromatic heterocycles. The van der Waals surface area contributed by atoms with Gasteiger partial charge in [-0.25, -0.2) is 23.5 Å². The highest BCUT2D eigenvalue weighted by Gasteiger charge is 2.25. The largest absolute Gasteiger partial charge is 0.479 e. The lowest BCUT2D eigenvalue weighted by molar-refractivity contribution is 0.396. The zero-order valence-electron chi connectivity index (χ0n) is 16.0. The van der Waals surface area contributed by atoms with Crippen molar-refractivity contribution in [2.45, 2.75) is 11.8 Å². The summed E-state index contributed by atoms with van der Waals surface area (Å²) in [7, 11) is -2.74. The lowest BCUT2D eigenvalue weighted by Gasteiger charge is -2.14. The van der Waals surface area contributed by atoms with Crippen LogP contribution in [-0.2, 0) is 10.0 Å². The Morgan fingerprint density at radius 1 is 1.03 bits per heavy atom. The standard InChI is InChI=1S/C19H16N6O4S/c1-11-9-22-16(19(24-11)28-2)14-7-8-21-15(17(14)30(20,26)27)12-3-5-13(6-4-12)18-25-23-10-29-18/h3-10H,1-2H3,(H2,20,26,27). The minimum atomic E-state index is -4.18. The van der Waals surface area contributed by atoms with E-state index in [2.05, 4.69) is 25.1 Å². The molecule has 152 valence electrons. The van der Waals surface area contributed by atoms with E-state index in [9.17, 15) is 8.42 Å². The van der Waals surface area contributed by atoms with Crippen LogP contribution in [0.3, 0.4) is 0 Å². The van der Waals surface area contributed by atoms with E-state index in [-0.39, 0.29) is 27.7 Å². The molecule has 30 heavy (non-hydrogen) atoms. The molecular weight excluding hydrogens is 408 g/mol. The van der Waals surface area contributed by atoms with Crippen LogP contribution in [0.15, 0.2) is 58.4 Å². The van der Waals surface area contributed by atoms with E-state index in [1.54, 1.807) is 31.2 Å². The molecule has 0 amide bonds. The lowest BCUT2D eigenvalue weighted by Crippen LogP contribution is -2.16. The third-order valence-corrected chi connectivity index (χ3v) is 5.25. The van der Waals surface area contributed by atoms with Crippen molar-refractivity contribution < 1.29 is 17.6 Å². The Morgan fingerprint density at radius 3 is 2.40 bits per heavy atom. The Morgan fingerprint density at radius 2 is 1.77 bits per heavy atom. The fourth-order valence-corrected chi connectivity index (χ4v) is 3.89. The highest BCUT2D eigenvalue weighted by molar-refractivity contribution is 7.89. The van der Waals surface area contributed by atoms with E-state index in [0.29, 0.717) is 22.7 Å². The molecule has 11 heteroatoms. The molecule has 1 aromatic carbocycles. The fourth-order valence-electron chi connectivity index (χ4n) is 2.98. The van der Waals surface area contributed by atoms with Crippen molar-refractivity contribution in [1.29, 1.82) is 0 Å². The van der Waals surface area contributed by atoms with Gasteiger partial charge in [-0.1, -0.05) is 12.1 Å². The monoisotopic (exact) mass is 424 g/mol. The summed E-state index contributed by atoms with van der Waals surface area (Å²) in [5.41, 5.74) is 2.50. The van der Waals surface area contributed by atoms with Crippen molar-refractivity contribution in [2.75, 3.05) is 7.11 Å². The maximum Gasteiger partial charge on any atom is 0.247 e. The quantitative estimate of drug-likeness (QED) is 0.509. The average molecular weight is 424 g/mol. The van der Waals surface area contributed by atoms with Crippen LogP contribution in [0.2, 0.25) is 0 Å². The van der Waals surface area contributed by atoms with Gasteiger partial charge in [-0.05, 0) is 25.1 Å². The van der Waals surface area contributed by atoms with Gasteiger partial charge < -0.3 is 9.15 Å². The van der Waals surface area contributed by atoms with E-state index in [0.717, 1.165) is 0 Å². The SMILES string of the molecule is COc1nc(C)cnc1-c1ccnc(-c2ccc(-c3nnco3)cc2)c1S(N)(=O)=O.